The van der Waals surface area contributed by atoms with Gasteiger partial charge in [0.15, 0.2) is 0 Å². The Kier molecular flexibility index (Phi) is 10.4. The van der Waals surface area contributed by atoms with E-state index in [1.165, 1.54) is 0 Å². The first-order valence-corrected chi connectivity index (χ1v) is 9.58. The van der Waals surface area contributed by atoms with Crippen molar-refractivity contribution in [3.05, 3.63) is 71.8 Å². The average Bonchev–Trinajstić information content (AvgIpc) is 2.80. The van der Waals surface area contributed by atoms with Crippen molar-refractivity contribution in [2.45, 2.75) is 12.4 Å². The van der Waals surface area contributed by atoms with Crippen LogP contribution in [0.25, 0.3) is 10.8 Å². The monoisotopic (exact) mass is 532 g/mol. The maximum atomic E-state index is 12.3. The minimum Gasteiger partial charge on any atom is -0.475 e. The second-order valence-electron chi connectivity index (χ2n) is 6.78. The number of rotatable bonds is 3. The highest BCUT2D eigenvalue weighted by atomic mass is 19.4. The Morgan fingerprint density at radius 1 is 0.784 bits per heavy atom. The molecule has 3 rings (SSSR count). The molecule has 0 radical (unpaired) electrons. The van der Waals surface area contributed by atoms with E-state index in [1.807, 2.05) is 30.3 Å². The van der Waals surface area contributed by atoms with Gasteiger partial charge in [-0.1, -0.05) is 18.2 Å². The van der Waals surface area contributed by atoms with Crippen LogP contribution >= 0.6 is 0 Å². The fraction of sp³-hybridized carbons (Fsp3) is 0.0909. The number of halogens is 6. The molecule has 0 aliphatic heterocycles. The Bertz CT molecular complexity index is 1250. The quantitative estimate of drug-likeness (QED) is 0.111. The van der Waals surface area contributed by atoms with Crippen molar-refractivity contribution in [1.82, 2.24) is 0 Å². The Labute approximate surface area is 204 Å². The molecule has 1 amide bonds. The molecule has 37 heavy (non-hydrogen) atoms. The molecule has 0 heterocycles. The van der Waals surface area contributed by atoms with Crippen LogP contribution in [0.2, 0.25) is 0 Å². The third-order valence-electron chi connectivity index (χ3n) is 4.00. The third-order valence-corrected chi connectivity index (χ3v) is 4.00. The fourth-order valence-corrected chi connectivity index (χ4v) is 2.34. The van der Waals surface area contributed by atoms with Crippen LogP contribution in [0, 0.1) is 0 Å². The van der Waals surface area contributed by atoms with E-state index < -0.39 is 24.3 Å². The summed E-state index contributed by atoms with van der Waals surface area (Å²) in [5.74, 6) is -0.517. The molecule has 0 aliphatic rings. The van der Waals surface area contributed by atoms with Crippen LogP contribution < -0.4 is 16.9 Å². The number of carbonyl (C=O) groups is 3. The lowest BCUT2D eigenvalue weighted by Crippen LogP contribution is -2.21. The minimum atomic E-state index is -5.08. The van der Waals surface area contributed by atoms with Gasteiger partial charge in [0.1, 0.15) is 0 Å². The number of hydrazone groups is 1. The van der Waals surface area contributed by atoms with Gasteiger partial charge in [-0.3, -0.25) is 4.79 Å². The number of nitrogen functional groups attached to an aromatic ring is 1. The number of carboxylic acids is 2. The van der Waals surface area contributed by atoms with Crippen LogP contribution in [0.4, 0.5) is 37.7 Å². The number of alkyl halides is 6. The zero-order valence-corrected chi connectivity index (χ0v) is 18.3. The molecule has 0 unspecified atom stereocenters. The topological polar surface area (TPSA) is 168 Å². The van der Waals surface area contributed by atoms with E-state index >= 15 is 0 Å². The Balaban J connectivity index is 0.000000404. The van der Waals surface area contributed by atoms with Gasteiger partial charge in [0, 0.05) is 16.9 Å². The first kappa shape index (κ1) is 30.2. The Morgan fingerprint density at radius 3 is 1.70 bits per heavy atom. The lowest BCUT2D eigenvalue weighted by Gasteiger charge is -2.07. The molecule has 0 fully saturated rings. The molecule has 3 aromatic carbocycles. The second-order valence-corrected chi connectivity index (χ2v) is 6.78. The lowest BCUT2D eigenvalue weighted by atomic mass is 10.0. The maximum absolute atomic E-state index is 12.3. The predicted octanol–water partition coefficient (Wildman–Crippen LogP) is 4.23. The van der Waals surface area contributed by atoms with Gasteiger partial charge < -0.3 is 27.1 Å². The van der Waals surface area contributed by atoms with Crippen molar-refractivity contribution in [3.8, 4) is 0 Å². The van der Waals surface area contributed by atoms with Crippen LogP contribution in [0.3, 0.4) is 0 Å². The molecule has 0 aliphatic carbocycles. The van der Waals surface area contributed by atoms with Crippen LogP contribution in [0.15, 0.2) is 65.8 Å². The number of benzene rings is 3. The van der Waals surface area contributed by atoms with Crippen molar-refractivity contribution in [2.75, 3.05) is 11.1 Å². The van der Waals surface area contributed by atoms with Crippen molar-refractivity contribution >= 4 is 46.2 Å². The van der Waals surface area contributed by atoms with Crippen molar-refractivity contribution in [1.29, 1.82) is 0 Å². The summed E-state index contributed by atoms with van der Waals surface area (Å²) in [7, 11) is 0. The number of aliphatic carboxylic acids is 2. The number of fused-ring (bicyclic) bond motifs is 1. The molecule has 0 saturated carbocycles. The van der Waals surface area contributed by atoms with Gasteiger partial charge in [0.25, 0.3) is 5.91 Å². The third kappa shape index (κ3) is 10.5. The summed E-state index contributed by atoms with van der Waals surface area (Å²) in [5.41, 5.74) is 8.51. The zero-order valence-electron chi connectivity index (χ0n) is 18.3. The van der Waals surface area contributed by atoms with Gasteiger partial charge in [0.2, 0.25) is 0 Å². The van der Waals surface area contributed by atoms with Crippen LogP contribution in [0.1, 0.15) is 15.9 Å². The summed E-state index contributed by atoms with van der Waals surface area (Å²) in [6.45, 7) is 0. The molecule has 3 aromatic rings. The number of carbonyl (C=O) groups excluding carboxylic acids is 1. The van der Waals surface area contributed by atoms with Gasteiger partial charge in [0.05, 0.1) is 6.21 Å². The normalized spacial score (nSPS) is 11.1. The van der Waals surface area contributed by atoms with Crippen molar-refractivity contribution in [2.24, 2.45) is 10.9 Å². The van der Waals surface area contributed by atoms with Gasteiger partial charge in [-0.05, 0) is 58.8 Å². The summed E-state index contributed by atoms with van der Waals surface area (Å²) in [5, 5.41) is 22.6. The molecule has 0 saturated heterocycles. The van der Waals surface area contributed by atoms with Crippen LogP contribution in [0.5, 0.6) is 0 Å². The smallest absolute Gasteiger partial charge is 0.475 e. The average molecular weight is 532 g/mol. The first-order chi connectivity index (χ1) is 17.0. The Morgan fingerprint density at radius 2 is 1.24 bits per heavy atom. The first-order valence-electron chi connectivity index (χ1n) is 9.58. The van der Waals surface area contributed by atoms with E-state index in [1.54, 1.807) is 36.5 Å². The number of anilines is 2. The largest absolute Gasteiger partial charge is 0.490 e. The van der Waals surface area contributed by atoms with E-state index in [0.29, 0.717) is 16.9 Å². The minimum absolute atomic E-state index is 0.163. The predicted molar refractivity (Wildman–Crippen MR) is 122 cm³/mol. The highest BCUT2D eigenvalue weighted by Gasteiger charge is 2.38. The molecule has 7 N–H and O–H groups in total. The fourth-order valence-electron chi connectivity index (χ4n) is 2.34. The van der Waals surface area contributed by atoms with Crippen LogP contribution in [-0.4, -0.2) is 46.6 Å². The van der Waals surface area contributed by atoms with Crippen molar-refractivity contribution in [3.63, 3.8) is 0 Å². The number of nitrogens with two attached hydrogens (primary N) is 2. The van der Waals surface area contributed by atoms with E-state index in [-0.39, 0.29) is 5.91 Å². The highest BCUT2D eigenvalue weighted by molar-refractivity contribution is 6.06. The van der Waals surface area contributed by atoms with Crippen molar-refractivity contribution < 1.29 is 50.9 Å². The van der Waals surface area contributed by atoms with E-state index in [0.717, 1.165) is 16.3 Å². The molecule has 0 bridgehead atoms. The number of nitrogens with one attached hydrogen (secondary N) is 1. The van der Waals surface area contributed by atoms with E-state index in [4.69, 9.17) is 31.4 Å². The summed E-state index contributed by atoms with van der Waals surface area (Å²) >= 11 is 0. The van der Waals surface area contributed by atoms with Gasteiger partial charge >= 0.3 is 24.3 Å². The van der Waals surface area contributed by atoms with Crippen LogP contribution in [-0.2, 0) is 9.59 Å². The molecule has 9 nitrogen and oxygen atoms in total. The van der Waals surface area contributed by atoms with E-state index in [9.17, 15) is 31.1 Å². The molecule has 0 aromatic heterocycles. The molecular formula is C22H18F6N4O5. The number of nitrogens with zero attached hydrogens (tertiary/aromatic N) is 1. The summed E-state index contributed by atoms with van der Waals surface area (Å²) in [4.78, 5) is 30.1. The number of hydrogen-bond donors (Lipinski definition) is 5. The lowest BCUT2D eigenvalue weighted by molar-refractivity contribution is -0.193. The molecule has 0 atom stereocenters. The SMILES string of the molecule is N/N=C\c1ccc2cc(C(=O)Nc3ccc(N)cc3)ccc2c1.O=C(O)C(F)(F)F.O=C(O)C(F)(F)F. The molecular weight excluding hydrogens is 514 g/mol. The molecule has 0 spiro atoms. The van der Waals surface area contributed by atoms with Gasteiger partial charge in [-0.15, -0.1) is 0 Å². The summed E-state index contributed by atoms with van der Waals surface area (Å²) in [6.07, 6.45) is -8.58. The number of carboxylic acid groups (broad SMARTS) is 2. The zero-order chi connectivity index (χ0) is 28.4. The van der Waals surface area contributed by atoms with Gasteiger partial charge in [-0.2, -0.15) is 31.4 Å². The maximum Gasteiger partial charge on any atom is 0.490 e. The Hall–Kier alpha value is -4.82. The number of amides is 1. The highest BCUT2D eigenvalue weighted by Crippen LogP contribution is 2.19. The van der Waals surface area contributed by atoms with E-state index in [2.05, 4.69) is 10.4 Å². The summed E-state index contributed by atoms with van der Waals surface area (Å²) < 4.78 is 63.5. The standard InChI is InChI=1S/C18H16N4O.2C2HF3O2/c19-16-5-7-17(8-6-16)22-18(23)15-4-3-13-9-12(11-21-20)1-2-14(13)10-15;2*3-2(4,5)1(6)7/h1-11H,19-20H2,(H,22,23);2*(H,6,7)/b21-11-;;. The number of hydrogen-bond acceptors (Lipinski definition) is 6. The molecule has 15 heteroatoms. The summed E-state index contributed by atoms with van der Waals surface area (Å²) in [6, 6.07) is 18.4. The molecule has 198 valence electrons. The second kappa shape index (κ2) is 12.8. The van der Waals surface area contributed by atoms with Gasteiger partial charge in [-0.25, -0.2) is 9.59 Å².